The van der Waals surface area contributed by atoms with Gasteiger partial charge in [0.1, 0.15) is 17.4 Å². The molecule has 1 amide bonds. The highest BCUT2D eigenvalue weighted by Gasteiger charge is 2.17. The summed E-state index contributed by atoms with van der Waals surface area (Å²) in [6.45, 7) is 4.09. The zero-order valence-electron chi connectivity index (χ0n) is 15.5. The molecule has 2 rings (SSSR count). The highest BCUT2D eigenvalue weighted by molar-refractivity contribution is 6.01. The lowest BCUT2D eigenvalue weighted by Crippen LogP contribution is -2.32. The molecule has 1 fully saturated rings. The van der Waals surface area contributed by atoms with Gasteiger partial charge in [-0.2, -0.15) is 5.26 Å². The Balaban J connectivity index is 1.83. The van der Waals surface area contributed by atoms with Gasteiger partial charge in [0.2, 0.25) is 0 Å². The van der Waals surface area contributed by atoms with E-state index in [1.165, 1.54) is 19.3 Å². The molecule has 1 aromatic carbocycles. The first kappa shape index (κ1) is 20.0. The maximum absolute atomic E-state index is 12.1. The summed E-state index contributed by atoms with van der Waals surface area (Å²) in [5, 5.41) is 12.0. The van der Waals surface area contributed by atoms with Gasteiger partial charge in [-0.15, -0.1) is 0 Å². The predicted molar refractivity (Wildman–Crippen MR) is 102 cm³/mol. The number of carbonyl (C=O) groups excluding carboxylic acids is 1. The predicted octanol–water partition coefficient (Wildman–Crippen LogP) is 3.85. The van der Waals surface area contributed by atoms with E-state index in [9.17, 15) is 10.1 Å². The molecule has 1 atom stereocenters. The van der Waals surface area contributed by atoms with Crippen LogP contribution in [-0.4, -0.2) is 31.8 Å². The second-order valence-corrected chi connectivity index (χ2v) is 6.49. The van der Waals surface area contributed by atoms with Gasteiger partial charge >= 0.3 is 0 Å². The number of amides is 1. The second kappa shape index (κ2) is 11.3. The average Bonchev–Trinajstić information content (AvgIpc) is 3.18. The van der Waals surface area contributed by atoms with Crippen molar-refractivity contribution in [2.24, 2.45) is 0 Å². The first-order chi connectivity index (χ1) is 12.7. The van der Waals surface area contributed by atoms with Crippen LogP contribution in [0.15, 0.2) is 29.8 Å². The Bertz CT molecular complexity index is 626. The summed E-state index contributed by atoms with van der Waals surface area (Å²) in [5.41, 5.74) is 0.892. The van der Waals surface area contributed by atoms with E-state index in [1.54, 1.807) is 6.08 Å². The van der Waals surface area contributed by atoms with Gasteiger partial charge in [0.05, 0.1) is 12.7 Å². The molecule has 5 nitrogen and oxygen atoms in total. The number of nitrogens with zero attached hydrogens (tertiary/aromatic N) is 1. The van der Waals surface area contributed by atoms with E-state index in [0.717, 1.165) is 37.2 Å². The van der Waals surface area contributed by atoms with Crippen LogP contribution < -0.4 is 10.1 Å². The number of nitrogens with one attached hydrogen (secondary N) is 1. The number of hydrogen-bond acceptors (Lipinski definition) is 4. The van der Waals surface area contributed by atoms with Gasteiger partial charge in [-0.25, -0.2) is 0 Å². The molecule has 140 valence electrons. The van der Waals surface area contributed by atoms with Crippen LogP contribution >= 0.6 is 0 Å². The van der Waals surface area contributed by atoms with Crippen LogP contribution in [0.1, 0.15) is 51.0 Å². The highest BCUT2D eigenvalue weighted by atomic mass is 16.5. The fourth-order valence-electron chi connectivity index (χ4n) is 2.80. The first-order valence-electron chi connectivity index (χ1n) is 9.47. The molecule has 1 N–H and O–H groups in total. The summed E-state index contributed by atoms with van der Waals surface area (Å²) in [4.78, 5) is 12.1. The highest BCUT2D eigenvalue weighted by Crippen LogP contribution is 2.16. The largest absolute Gasteiger partial charge is 0.494 e. The summed E-state index contributed by atoms with van der Waals surface area (Å²) < 4.78 is 11.2. The molecule has 1 aromatic rings. The zero-order valence-corrected chi connectivity index (χ0v) is 15.5. The Morgan fingerprint density at radius 2 is 2.15 bits per heavy atom. The third kappa shape index (κ3) is 6.89. The monoisotopic (exact) mass is 356 g/mol. The summed E-state index contributed by atoms with van der Waals surface area (Å²) in [6.07, 6.45) is 8.31. The summed E-state index contributed by atoms with van der Waals surface area (Å²) in [6, 6.07) is 9.41. The fraction of sp³-hybridized carbons (Fsp3) is 0.524. The SMILES string of the molecule is CCCCCCOc1ccc(C=C(C#N)C(=O)NCC2CCCO2)cc1. The Morgan fingerprint density at radius 3 is 2.81 bits per heavy atom. The molecule has 0 saturated carbocycles. The average molecular weight is 356 g/mol. The summed E-state index contributed by atoms with van der Waals surface area (Å²) in [7, 11) is 0. The standard InChI is InChI=1S/C21H28N2O3/c1-2-3-4-5-12-25-19-10-8-17(9-11-19)14-18(15-22)21(24)23-16-20-7-6-13-26-20/h8-11,14,20H,2-7,12-13,16H2,1H3,(H,23,24). The van der Waals surface area contributed by atoms with E-state index in [4.69, 9.17) is 9.47 Å². The Kier molecular flexibility index (Phi) is 8.71. The van der Waals surface area contributed by atoms with E-state index < -0.39 is 0 Å². The molecule has 1 heterocycles. The number of nitriles is 1. The molecular formula is C21H28N2O3. The molecule has 5 heteroatoms. The van der Waals surface area contributed by atoms with Crippen LogP contribution in [0.2, 0.25) is 0 Å². The van der Waals surface area contributed by atoms with Crippen LogP contribution in [0.3, 0.4) is 0 Å². The van der Waals surface area contributed by atoms with Gasteiger partial charge in [-0.3, -0.25) is 4.79 Å². The van der Waals surface area contributed by atoms with Crippen LogP contribution in [0.25, 0.3) is 6.08 Å². The van der Waals surface area contributed by atoms with Gasteiger partial charge in [0, 0.05) is 13.2 Å². The van der Waals surface area contributed by atoms with Crippen molar-refractivity contribution in [3.63, 3.8) is 0 Å². The number of rotatable bonds is 10. The number of ether oxygens (including phenoxy) is 2. The lowest BCUT2D eigenvalue weighted by Gasteiger charge is -2.10. The van der Waals surface area contributed by atoms with Crippen LogP contribution in [0, 0.1) is 11.3 Å². The van der Waals surface area contributed by atoms with Crippen molar-refractivity contribution in [3.8, 4) is 11.8 Å². The summed E-state index contributed by atoms with van der Waals surface area (Å²) >= 11 is 0. The zero-order chi connectivity index (χ0) is 18.6. The van der Waals surface area contributed by atoms with Crippen molar-refractivity contribution in [1.29, 1.82) is 5.26 Å². The molecule has 1 saturated heterocycles. The Labute approximate surface area is 156 Å². The molecule has 0 aromatic heterocycles. The van der Waals surface area contributed by atoms with Crippen molar-refractivity contribution in [2.45, 2.75) is 51.6 Å². The molecule has 0 spiro atoms. The number of unbranched alkanes of at least 4 members (excludes halogenated alkanes) is 3. The molecule has 0 bridgehead atoms. The molecule has 1 unspecified atom stereocenters. The van der Waals surface area contributed by atoms with Crippen molar-refractivity contribution >= 4 is 12.0 Å². The van der Waals surface area contributed by atoms with E-state index in [2.05, 4.69) is 12.2 Å². The van der Waals surface area contributed by atoms with Gasteiger partial charge in [0.25, 0.3) is 5.91 Å². The Hall–Kier alpha value is -2.32. The van der Waals surface area contributed by atoms with Gasteiger partial charge in [-0.1, -0.05) is 38.3 Å². The summed E-state index contributed by atoms with van der Waals surface area (Å²) in [5.74, 6) is 0.444. The number of benzene rings is 1. The molecule has 0 radical (unpaired) electrons. The van der Waals surface area contributed by atoms with E-state index in [0.29, 0.717) is 13.2 Å². The topological polar surface area (TPSA) is 71.3 Å². The van der Waals surface area contributed by atoms with Crippen LogP contribution in [-0.2, 0) is 9.53 Å². The fourth-order valence-corrected chi connectivity index (χ4v) is 2.80. The molecule has 1 aliphatic rings. The van der Waals surface area contributed by atoms with E-state index in [1.807, 2.05) is 30.3 Å². The first-order valence-corrected chi connectivity index (χ1v) is 9.47. The van der Waals surface area contributed by atoms with Gasteiger partial charge in [0.15, 0.2) is 0 Å². The van der Waals surface area contributed by atoms with Crippen molar-refractivity contribution in [1.82, 2.24) is 5.32 Å². The van der Waals surface area contributed by atoms with Crippen molar-refractivity contribution in [2.75, 3.05) is 19.8 Å². The minimum absolute atomic E-state index is 0.0626. The van der Waals surface area contributed by atoms with Gasteiger partial charge in [-0.05, 0) is 43.0 Å². The molecule has 26 heavy (non-hydrogen) atoms. The third-order valence-electron chi connectivity index (χ3n) is 4.34. The number of carbonyl (C=O) groups is 1. The second-order valence-electron chi connectivity index (χ2n) is 6.49. The molecular weight excluding hydrogens is 328 g/mol. The van der Waals surface area contributed by atoms with E-state index >= 15 is 0 Å². The lowest BCUT2D eigenvalue weighted by molar-refractivity contribution is -0.117. The maximum atomic E-state index is 12.1. The van der Waals surface area contributed by atoms with Crippen molar-refractivity contribution in [3.05, 3.63) is 35.4 Å². The van der Waals surface area contributed by atoms with Crippen LogP contribution in [0.5, 0.6) is 5.75 Å². The third-order valence-corrected chi connectivity index (χ3v) is 4.34. The van der Waals surface area contributed by atoms with Gasteiger partial charge < -0.3 is 14.8 Å². The Morgan fingerprint density at radius 1 is 1.35 bits per heavy atom. The van der Waals surface area contributed by atoms with Crippen LogP contribution in [0.4, 0.5) is 0 Å². The quantitative estimate of drug-likeness (QED) is 0.393. The normalized spacial score (nSPS) is 16.9. The minimum atomic E-state index is -0.362. The minimum Gasteiger partial charge on any atom is -0.494 e. The lowest BCUT2D eigenvalue weighted by atomic mass is 10.1. The smallest absolute Gasteiger partial charge is 0.262 e. The van der Waals surface area contributed by atoms with Crippen molar-refractivity contribution < 1.29 is 14.3 Å². The molecule has 0 aliphatic carbocycles. The molecule has 1 aliphatic heterocycles. The number of hydrogen-bond donors (Lipinski definition) is 1. The maximum Gasteiger partial charge on any atom is 0.262 e. The van der Waals surface area contributed by atoms with E-state index in [-0.39, 0.29) is 17.6 Å².